The van der Waals surface area contributed by atoms with Gasteiger partial charge in [0.2, 0.25) is 5.91 Å². The molecule has 0 saturated heterocycles. The zero-order valence-corrected chi connectivity index (χ0v) is 20.0. The van der Waals surface area contributed by atoms with Gasteiger partial charge in [-0.15, -0.1) is 11.3 Å². The maximum absolute atomic E-state index is 12.9. The maximum Gasteiger partial charge on any atom is 0.266 e. The Balaban J connectivity index is 1.61. The lowest BCUT2D eigenvalue weighted by atomic mass is 10.3. The third kappa shape index (κ3) is 6.12. The van der Waals surface area contributed by atoms with Crippen LogP contribution in [0, 0.1) is 6.92 Å². The second-order valence-corrected chi connectivity index (χ2v) is 8.78. The Morgan fingerprint density at radius 2 is 1.81 bits per heavy atom. The number of nitrogens with zero attached hydrogens (tertiary/aromatic N) is 2. The van der Waals surface area contributed by atoms with E-state index in [-0.39, 0.29) is 25.0 Å². The van der Waals surface area contributed by atoms with Gasteiger partial charge in [0, 0.05) is 17.1 Å². The van der Waals surface area contributed by atoms with E-state index >= 15 is 0 Å². The third-order valence-electron chi connectivity index (χ3n) is 4.37. The number of amides is 2. The number of rotatable bonds is 8. The van der Waals surface area contributed by atoms with E-state index in [1.165, 1.54) is 23.3 Å². The van der Waals surface area contributed by atoms with Gasteiger partial charge in [0.25, 0.3) is 5.91 Å². The number of likely N-dealkylation sites (N-methyl/N-ethyl adjacent to an activating group) is 1. The van der Waals surface area contributed by atoms with Crippen LogP contribution in [0.3, 0.4) is 0 Å². The Labute approximate surface area is 199 Å². The average molecular weight is 494 g/mol. The lowest BCUT2D eigenvalue weighted by molar-refractivity contribution is -0.116. The zero-order chi connectivity index (χ0) is 23.3. The van der Waals surface area contributed by atoms with Crippen LogP contribution < -0.4 is 14.8 Å². The van der Waals surface area contributed by atoms with E-state index in [4.69, 9.17) is 32.7 Å². The van der Waals surface area contributed by atoms with Crippen LogP contribution in [0.5, 0.6) is 11.5 Å². The van der Waals surface area contributed by atoms with Crippen molar-refractivity contribution in [2.75, 3.05) is 26.0 Å². The van der Waals surface area contributed by atoms with Gasteiger partial charge >= 0.3 is 0 Å². The van der Waals surface area contributed by atoms with Gasteiger partial charge in [-0.2, -0.15) is 0 Å². The van der Waals surface area contributed by atoms with Gasteiger partial charge in [0.15, 0.2) is 0 Å². The van der Waals surface area contributed by atoms with Crippen molar-refractivity contribution in [3.05, 3.63) is 68.1 Å². The summed E-state index contributed by atoms with van der Waals surface area (Å²) in [5, 5.41) is 4.45. The first kappa shape index (κ1) is 23.8. The number of carbonyl (C=O) groups is 2. The Morgan fingerprint density at radius 1 is 1.12 bits per heavy atom. The van der Waals surface area contributed by atoms with Gasteiger partial charge in [-0.25, -0.2) is 4.98 Å². The number of hydrogen-bond donors (Lipinski definition) is 1. The SMILES string of the molecule is COc1ccc(Cl)cc1NC(=O)CN(C)C(=O)c1sc(COc2ccc(Cl)cc2)nc1C. The monoisotopic (exact) mass is 493 g/mol. The molecule has 10 heteroatoms. The number of carbonyl (C=O) groups excluding carboxylic acids is 2. The quantitative estimate of drug-likeness (QED) is 0.474. The van der Waals surface area contributed by atoms with Crippen molar-refractivity contribution in [3.63, 3.8) is 0 Å². The molecule has 0 fully saturated rings. The van der Waals surface area contributed by atoms with Crippen molar-refractivity contribution < 1.29 is 19.1 Å². The first-order valence-corrected chi connectivity index (χ1v) is 11.1. The van der Waals surface area contributed by atoms with Gasteiger partial charge < -0.3 is 19.7 Å². The number of anilines is 1. The molecule has 0 aliphatic rings. The van der Waals surface area contributed by atoms with Crippen molar-refractivity contribution in [1.29, 1.82) is 0 Å². The highest BCUT2D eigenvalue weighted by atomic mass is 35.5. The second kappa shape index (κ2) is 10.7. The van der Waals surface area contributed by atoms with E-state index in [1.807, 2.05) is 0 Å². The highest BCUT2D eigenvalue weighted by Crippen LogP contribution is 2.28. The van der Waals surface area contributed by atoms with Crippen molar-refractivity contribution in [2.45, 2.75) is 13.5 Å². The van der Waals surface area contributed by atoms with Crippen LogP contribution in [-0.2, 0) is 11.4 Å². The first-order valence-electron chi connectivity index (χ1n) is 9.50. The predicted octanol–water partition coefficient (Wildman–Crippen LogP) is 5.06. The van der Waals surface area contributed by atoms with Crippen LogP contribution in [0.15, 0.2) is 42.5 Å². The largest absolute Gasteiger partial charge is 0.495 e. The smallest absolute Gasteiger partial charge is 0.266 e. The number of benzene rings is 2. The maximum atomic E-state index is 12.9. The summed E-state index contributed by atoms with van der Waals surface area (Å²) < 4.78 is 10.9. The summed E-state index contributed by atoms with van der Waals surface area (Å²) in [6.45, 7) is 1.82. The molecule has 7 nitrogen and oxygen atoms in total. The number of ether oxygens (including phenoxy) is 2. The summed E-state index contributed by atoms with van der Waals surface area (Å²) in [5.74, 6) is 0.446. The predicted molar refractivity (Wildman–Crippen MR) is 126 cm³/mol. The minimum atomic E-state index is -0.380. The number of nitrogens with one attached hydrogen (secondary N) is 1. The summed E-state index contributed by atoms with van der Waals surface area (Å²) in [7, 11) is 3.05. The lowest BCUT2D eigenvalue weighted by Gasteiger charge is -2.17. The molecular weight excluding hydrogens is 473 g/mol. The number of aromatic nitrogens is 1. The number of thiazole rings is 1. The molecule has 0 unspecified atom stereocenters. The highest BCUT2D eigenvalue weighted by Gasteiger charge is 2.21. The van der Waals surface area contributed by atoms with E-state index in [9.17, 15) is 9.59 Å². The lowest BCUT2D eigenvalue weighted by Crippen LogP contribution is -2.34. The third-order valence-corrected chi connectivity index (χ3v) is 5.98. The van der Waals surface area contributed by atoms with Crippen LogP contribution in [-0.4, -0.2) is 42.4 Å². The number of aryl methyl sites for hydroxylation is 1. The molecule has 0 aliphatic carbocycles. The number of halogens is 2. The Kier molecular flexibility index (Phi) is 7.95. The topological polar surface area (TPSA) is 80.8 Å². The van der Waals surface area contributed by atoms with Crippen LogP contribution in [0.1, 0.15) is 20.4 Å². The Hall–Kier alpha value is -2.81. The summed E-state index contributed by atoms with van der Waals surface area (Å²) >= 11 is 13.1. The highest BCUT2D eigenvalue weighted by molar-refractivity contribution is 7.13. The molecule has 3 rings (SSSR count). The standard InChI is InChI=1S/C22H21Cl2N3O4S/c1-13-21(32-20(25-13)12-31-16-7-4-14(23)5-8-16)22(29)27(2)11-19(28)26-17-10-15(24)6-9-18(17)30-3/h4-10H,11-12H2,1-3H3,(H,26,28). The van der Waals surface area contributed by atoms with Crippen molar-refractivity contribution >= 4 is 52.0 Å². The van der Waals surface area contributed by atoms with Gasteiger partial charge in [-0.3, -0.25) is 9.59 Å². The van der Waals surface area contributed by atoms with Crippen LogP contribution in [0.25, 0.3) is 0 Å². The van der Waals surface area contributed by atoms with Crippen molar-refractivity contribution in [1.82, 2.24) is 9.88 Å². The number of hydrogen-bond acceptors (Lipinski definition) is 6. The first-order chi connectivity index (χ1) is 15.3. The summed E-state index contributed by atoms with van der Waals surface area (Å²) in [4.78, 5) is 31.5. The zero-order valence-electron chi connectivity index (χ0n) is 17.6. The van der Waals surface area contributed by atoms with Gasteiger partial charge in [0.05, 0.1) is 25.0 Å². The molecule has 3 aromatic rings. The molecule has 1 N–H and O–H groups in total. The molecule has 0 spiro atoms. The van der Waals surface area contributed by atoms with Crippen LogP contribution in [0.4, 0.5) is 5.69 Å². The average Bonchev–Trinajstić information content (AvgIpc) is 3.13. The van der Waals surface area contributed by atoms with Crippen LogP contribution in [0.2, 0.25) is 10.0 Å². The summed E-state index contributed by atoms with van der Waals surface area (Å²) in [6.07, 6.45) is 0. The second-order valence-electron chi connectivity index (χ2n) is 6.82. The Bertz CT molecular complexity index is 1120. The van der Waals surface area contributed by atoms with E-state index < -0.39 is 0 Å². The molecule has 2 aromatic carbocycles. The molecule has 2 amide bonds. The van der Waals surface area contributed by atoms with Crippen molar-refractivity contribution in [3.8, 4) is 11.5 Å². The van der Waals surface area contributed by atoms with Crippen molar-refractivity contribution in [2.24, 2.45) is 0 Å². The molecular formula is C22H21Cl2N3O4S. The molecule has 0 bridgehead atoms. The minimum absolute atomic E-state index is 0.150. The van der Waals surface area contributed by atoms with E-state index in [0.29, 0.717) is 42.8 Å². The van der Waals surface area contributed by atoms with Gasteiger partial charge in [-0.05, 0) is 49.4 Å². The molecule has 0 radical (unpaired) electrons. The fourth-order valence-corrected chi connectivity index (χ4v) is 4.09. The molecule has 0 aliphatic heterocycles. The summed E-state index contributed by atoms with van der Waals surface area (Å²) in [5.41, 5.74) is 1.01. The molecule has 32 heavy (non-hydrogen) atoms. The molecule has 168 valence electrons. The number of methoxy groups -OCH3 is 1. The van der Waals surface area contributed by atoms with E-state index in [0.717, 1.165) is 0 Å². The van der Waals surface area contributed by atoms with E-state index in [1.54, 1.807) is 56.4 Å². The molecule has 1 heterocycles. The van der Waals surface area contributed by atoms with Crippen LogP contribution >= 0.6 is 34.5 Å². The summed E-state index contributed by atoms with van der Waals surface area (Å²) in [6, 6.07) is 11.9. The Morgan fingerprint density at radius 3 is 2.50 bits per heavy atom. The molecule has 1 aromatic heterocycles. The normalized spacial score (nSPS) is 10.5. The molecule has 0 saturated carbocycles. The fourth-order valence-electron chi connectivity index (χ4n) is 2.82. The molecule has 0 atom stereocenters. The minimum Gasteiger partial charge on any atom is -0.495 e. The van der Waals surface area contributed by atoms with Gasteiger partial charge in [-0.1, -0.05) is 23.2 Å². The fraction of sp³-hybridized carbons (Fsp3) is 0.227. The van der Waals surface area contributed by atoms with E-state index in [2.05, 4.69) is 10.3 Å². The van der Waals surface area contributed by atoms with Gasteiger partial charge in [0.1, 0.15) is 28.0 Å².